The molecule has 2 rings (SSSR count). The fourth-order valence-electron chi connectivity index (χ4n) is 1.82. The van der Waals surface area contributed by atoms with E-state index in [4.69, 9.17) is 28.9 Å². The third-order valence-electron chi connectivity index (χ3n) is 2.73. The number of nitrogens with one attached hydrogen (secondary N) is 1. The molecule has 0 radical (unpaired) electrons. The number of rotatable bonds is 3. The Bertz CT molecular complexity index is 550. The van der Waals surface area contributed by atoms with Crippen LogP contribution >= 0.6 is 39.1 Å². The van der Waals surface area contributed by atoms with Crippen LogP contribution in [0.25, 0.3) is 0 Å². The number of nitrogens with two attached hydrogens (primary N) is 1. The number of hydrogen-bond acceptors (Lipinski definition) is 3. The lowest BCUT2D eigenvalue weighted by atomic mass is 9.89. The average molecular weight is 374 g/mol. The summed E-state index contributed by atoms with van der Waals surface area (Å²) in [6, 6.07) is 2.91. The molecule has 1 aliphatic rings. The molecule has 18 heavy (non-hydrogen) atoms. The van der Waals surface area contributed by atoms with Crippen LogP contribution in [-0.2, 0) is 10.0 Å². The maximum atomic E-state index is 12.2. The third kappa shape index (κ3) is 3.00. The zero-order valence-corrected chi connectivity index (χ0v) is 13.1. The van der Waals surface area contributed by atoms with E-state index in [-0.39, 0.29) is 27.0 Å². The Labute approximate surface area is 124 Å². The molecule has 0 amide bonds. The molecule has 4 nitrogen and oxygen atoms in total. The van der Waals surface area contributed by atoms with Gasteiger partial charge in [-0.05, 0) is 25.0 Å². The van der Waals surface area contributed by atoms with Crippen LogP contribution in [0, 0.1) is 0 Å². The minimum absolute atomic E-state index is 0.0635. The second-order valence-electron chi connectivity index (χ2n) is 4.25. The van der Waals surface area contributed by atoms with Crippen LogP contribution in [0.15, 0.2) is 21.5 Å². The van der Waals surface area contributed by atoms with Gasteiger partial charge >= 0.3 is 0 Å². The average Bonchev–Trinajstić information content (AvgIpc) is 2.11. The van der Waals surface area contributed by atoms with Crippen molar-refractivity contribution in [2.75, 3.05) is 0 Å². The van der Waals surface area contributed by atoms with Crippen molar-refractivity contribution in [1.82, 2.24) is 4.72 Å². The molecule has 0 bridgehead atoms. The number of halogens is 3. The zero-order chi connectivity index (χ0) is 13.5. The number of sulfonamides is 1. The van der Waals surface area contributed by atoms with E-state index in [0.717, 1.165) is 0 Å². The molecule has 0 aromatic heterocycles. The van der Waals surface area contributed by atoms with Gasteiger partial charge in [0.2, 0.25) is 10.0 Å². The van der Waals surface area contributed by atoms with Crippen LogP contribution in [0.2, 0.25) is 10.0 Å². The number of benzene rings is 1. The molecule has 8 heteroatoms. The van der Waals surface area contributed by atoms with Crippen molar-refractivity contribution in [3.8, 4) is 0 Å². The van der Waals surface area contributed by atoms with Crippen LogP contribution in [0.4, 0.5) is 0 Å². The Balaban J connectivity index is 2.30. The van der Waals surface area contributed by atoms with E-state index in [2.05, 4.69) is 20.7 Å². The minimum Gasteiger partial charge on any atom is -0.328 e. The smallest absolute Gasteiger partial charge is 0.243 e. The molecule has 0 aliphatic heterocycles. The Kier molecular flexibility index (Phi) is 4.26. The number of hydrogen-bond donors (Lipinski definition) is 2. The quantitative estimate of drug-likeness (QED) is 0.854. The molecule has 1 fully saturated rings. The summed E-state index contributed by atoms with van der Waals surface area (Å²) in [5.41, 5.74) is 5.61. The van der Waals surface area contributed by atoms with Gasteiger partial charge in [-0.25, -0.2) is 13.1 Å². The largest absolute Gasteiger partial charge is 0.328 e. The highest BCUT2D eigenvalue weighted by Gasteiger charge is 2.32. The lowest BCUT2D eigenvalue weighted by Crippen LogP contribution is -2.50. The van der Waals surface area contributed by atoms with Crippen molar-refractivity contribution < 1.29 is 8.42 Å². The Hall–Kier alpha value is 0.150. The van der Waals surface area contributed by atoms with Gasteiger partial charge in [-0.3, -0.25) is 0 Å². The van der Waals surface area contributed by atoms with Gasteiger partial charge in [0.15, 0.2) is 0 Å². The van der Waals surface area contributed by atoms with E-state index >= 15 is 0 Å². The first-order valence-electron chi connectivity index (χ1n) is 5.22. The fourth-order valence-corrected chi connectivity index (χ4v) is 5.02. The first-order chi connectivity index (χ1) is 8.29. The zero-order valence-electron chi connectivity index (χ0n) is 9.16. The summed E-state index contributed by atoms with van der Waals surface area (Å²) < 4.78 is 27.5. The molecule has 1 aromatic rings. The van der Waals surface area contributed by atoms with Crippen LogP contribution in [0.5, 0.6) is 0 Å². The molecule has 0 saturated heterocycles. The monoisotopic (exact) mass is 372 g/mol. The Morgan fingerprint density at radius 3 is 2.22 bits per heavy atom. The van der Waals surface area contributed by atoms with Crippen LogP contribution < -0.4 is 10.5 Å². The van der Waals surface area contributed by atoms with Gasteiger partial charge in [0.25, 0.3) is 0 Å². The lowest BCUT2D eigenvalue weighted by Gasteiger charge is -2.32. The van der Waals surface area contributed by atoms with Gasteiger partial charge < -0.3 is 5.73 Å². The van der Waals surface area contributed by atoms with Crippen molar-refractivity contribution in [1.29, 1.82) is 0 Å². The first-order valence-corrected chi connectivity index (χ1v) is 8.25. The van der Waals surface area contributed by atoms with Gasteiger partial charge in [-0.15, -0.1) is 0 Å². The summed E-state index contributed by atoms with van der Waals surface area (Å²) in [5.74, 6) is 0. The van der Waals surface area contributed by atoms with Gasteiger partial charge in [-0.2, -0.15) is 0 Å². The van der Waals surface area contributed by atoms with Gasteiger partial charge in [-0.1, -0.05) is 39.1 Å². The molecule has 100 valence electrons. The first kappa shape index (κ1) is 14.6. The van der Waals surface area contributed by atoms with Gasteiger partial charge in [0.05, 0.1) is 10.0 Å². The summed E-state index contributed by atoms with van der Waals surface area (Å²) in [6.45, 7) is 0. The molecule has 1 aliphatic carbocycles. The summed E-state index contributed by atoms with van der Waals surface area (Å²) in [6.07, 6.45) is 1.26. The summed E-state index contributed by atoms with van der Waals surface area (Å²) in [7, 11) is -3.71. The van der Waals surface area contributed by atoms with E-state index in [1.54, 1.807) is 0 Å². The standard InChI is InChI=1S/C10H11BrCl2N2O2S/c11-5-1-8(12)10(9(13)2-5)18(16,17)15-7-3-6(14)4-7/h1-2,6-7,15H,3-4,14H2. The van der Waals surface area contributed by atoms with Crippen LogP contribution in [0.1, 0.15) is 12.8 Å². The molecule has 0 spiro atoms. The maximum absolute atomic E-state index is 12.2. The molecule has 0 atom stereocenters. The lowest BCUT2D eigenvalue weighted by molar-refractivity contribution is 0.327. The van der Waals surface area contributed by atoms with E-state index in [1.165, 1.54) is 12.1 Å². The summed E-state index contributed by atoms with van der Waals surface area (Å²) in [5, 5.41) is 0.177. The Morgan fingerprint density at radius 1 is 1.28 bits per heavy atom. The molecular formula is C10H11BrCl2N2O2S. The normalized spacial score (nSPS) is 23.8. The SMILES string of the molecule is NC1CC(NS(=O)(=O)c2c(Cl)cc(Br)cc2Cl)C1. The highest BCUT2D eigenvalue weighted by molar-refractivity contribution is 9.10. The fraction of sp³-hybridized carbons (Fsp3) is 0.400. The predicted molar refractivity (Wildman–Crippen MR) is 75.5 cm³/mol. The third-order valence-corrected chi connectivity index (χ3v) is 5.63. The molecule has 1 aromatic carbocycles. The van der Waals surface area contributed by atoms with E-state index in [0.29, 0.717) is 17.3 Å². The van der Waals surface area contributed by atoms with Crippen LogP contribution in [-0.4, -0.2) is 20.5 Å². The van der Waals surface area contributed by atoms with E-state index < -0.39 is 10.0 Å². The highest BCUT2D eigenvalue weighted by atomic mass is 79.9. The van der Waals surface area contributed by atoms with Gasteiger partial charge in [0.1, 0.15) is 4.90 Å². The summed E-state index contributed by atoms with van der Waals surface area (Å²) >= 11 is 15.1. The molecule has 3 N–H and O–H groups in total. The summed E-state index contributed by atoms with van der Waals surface area (Å²) in [4.78, 5) is -0.0884. The maximum Gasteiger partial charge on any atom is 0.243 e. The predicted octanol–water partition coefficient (Wildman–Crippen LogP) is 2.52. The van der Waals surface area contributed by atoms with E-state index in [9.17, 15) is 8.42 Å². The topological polar surface area (TPSA) is 72.2 Å². The van der Waals surface area contributed by atoms with Crippen molar-refractivity contribution in [2.24, 2.45) is 5.73 Å². The van der Waals surface area contributed by atoms with Crippen molar-refractivity contribution >= 4 is 49.2 Å². The minimum atomic E-state index is -3.71. The second kappa shape index (κ2) is 5.26. The Morgan fingerprint density at radius 2 is 1.78 bits per heavy atom. The molecular weight excluding hydrogens is 363 g/mol. The van der Waals surface area contributed by atoms with Crippen molar-refractivity contribution in [2.45, 2.75) is 29.8 Å². The van der Waals surface area contributed by atoms with Gasteiger partial charge in [0, 0.05) is 16.6 Å². The molecule has 0 unspecified atom stereocenters. The van der Waals surface area contributed by atoms with E-state index in [1.807, 2.05) is 0 Å². The van der Waals surface area contributed by atoms with Crippen molar-refractivity contribution in [3.05, 3.63) is 26.7 Å². The highest BCUT2D eigenvalue weighted by Crippen LogP contribution is 2.33. The molecule has 0 heterocycles. The van der Waals surface area contributed by atoms with Crippen molar-refractivity contribution in [3.63, 3.8) is 0 Å². The van der Waals surface area contributed by atoms with Crippen LogP contribution in [0.3, 0.4) is 0 Å². The molecule has 1 saturated carbocycles. The second-order valence-corrected chi connectivity index (χ2v) is 7.63.